The number of para-hydroxylation sites is 1. The first-order valence-corrected chi connectivity index (χ1v) is 4.37. The van der Waals surface area contributed by atoms with Crippen LogP contribution in [0.15, 0.2) is 35.3 Å². The molecule has 0 atom stereocenters. The van der Waals surface area contributed by atoms with Crippen LogP contribution < -0.4 is 4.74 Å². The molecule has 1 aromatic carbocycles. The van der Waals surface area contributed by atoms with Gasteiger partial charge in [0.05, 0.1) is 7.11 Å². The first-order chi connectivity index (χ1) is 7.35. The Morgan fingerprint density at radius 3 is 2.93 bits per heavy atom. The van der Waals surface area contributed by atoms with Crippen molar-refractivity contribution in [3.05, 3.63) is 30.3 Å². The Balaban J connectivity index is 2.72. The van der Waals surface area contributed by atoms with Gasteiger partial charge in [-0.1, -0.05) is 12.1 Å². The van der Waals surface area contributed by atoms with Crippen LogP contribution in [0.1, 0.15) is 0 Å². The minimum atomic E-state index is 0.335. The molecule has 74 valence electrons. The minimum absolute atomic E-state index is 0.335. The van der Waals surface area contributed by atoms with E-state index in [-0.39, 0.29) is 0 Å². The summed E-state index contributed by atoms with van der Waals surface area (Å²) in [6.45, 7) is 0. The van der Waals surface area contributed by atoms with Gasteiger partial charge < -0.3 is 4.74 Å². The van der Waals surface area contributed by atoms with E-state index in [2.05, 4.69) is 9.98 Å². The Kier molecular flexibility index (Phi) is 2.44. The highest BCUT2D eigenvalue weighted by atomic mass is 16.5. The van der Waals surface area contributed by atoms with Gasteiger partial charge in [-0.3, -0.25) is 0 Å². The van der Waals surface area contributed by atoms with E-state index in [9.17, 15) is 4.79 Å². The molecule has 0 amide bonds. The molecule has 0 saturated carbocycles. The fourth-order valence-corrected chi connectivity index (χ4v) is 1.38. The number of nitrogens with zero attached hydrogens (tertiary/aromatic N) is 2. The third kappa shape index (κ3) is 1.71. The lowest BCUT2D eigenvalue weighted by molar-refractivity contribution is 0.419. The maximum atomic E-state index is 10.1. The van der Waals surface area contributed by atoms with E-state index < -0.39 is 0 Å². The summed E-state index contributed by atoms with van der Waals surface area (Å²) in [5.74, 6) is 0.998. The summed E-state index contributed by atoms with van der Waals surface area (Å²) in [6, 6.07) is 9.10. The van der Waals surface area contributed by atoms with E-state index in [1.54, 1.807) is 13.2 Å². The minimum Gasteiger partial charge on any atom is -0.494 e. The van der Waals surface area contributed by atoms with Crippen molar-refractivity contribution >= 4 is 22.8 Å². The Morgan fingerprint density at radius 1 is 1.33 bits per heavy atom. The number of carbonyl (C=O) groups excluding carboxylic acids is 1. The zero-order chi connectivity index (χ0) is 10.7. The lowest BCUT2D eigenvalue weighted by Crippen LogP contribution is -1.87. The summed E-state index contributed by atoms with van der Waals surface area (Å²) in [5, 5.41) is 0.944. The summed E-state index contributed by atoms with van der Waals surface area (Å²) in [4.78, 5) is 17.7. The number of benzene rings is 1. The molecule has 1 heterocycles. The monoisotopic (exact) mass is 200 g/mol. The van der Waals surface area contributed by atoms with Crippen LogP contribution in [-0.4, -0.2) is 18.2 Å². The van der Waals surface area contributed by atoms with E-state index in [1.807, 2.05) is 24.3 Å². The van der Waals surface area contributed by atoms with E-state index >= 15 is 0 Å². The number of aliphatic imine (C=N–C) groups is 1. The molecule has 4 heteroatoms. The third-order valence-electron chi connectivity index (χ3n) is 2.05. The van der Waals surface area contributed by atoms with Gasteiger partial charge in [0.2, 0.25) is 6.08 Å². The van der Waals surface area contributed by atoms with E-state index in [0.717, 1.165) is 5.39 Å². The van der Waals surface area contributed by atoms with Crippen LogP contribution in [0.2, 0.25) is 0 Å². The molecule has 0 N–H and O–H groups in total. The first-order valence-electron chi connectivity index (χ1n) is 4.37. The van der Waals surface area contributed by atoms with Gasteiger partial charge in [0.15, 0.2) is 5.82 Å². The number of isocyanates is 1. The largest absolute Gasteiger partial charge is 0.494 e. The highest BCUT2D eigenvalue weighted by Gasteiger charge is 2.02. The second-order valence-electron chi connectivity index (χ2n) is 2.90. The quantitative estimate of drug-likeness (QED) is 0.551. The molecule has 2 aromatic rings. The predicted molar refractivity (Wildman–Crippen MR) is 56.1 cm³/mol. The van der Waals surface area contributed by atoms with Gasteiger partial charge in [0.25, 0.3) is 0 Å². The Labute approximate surface area is 86.2 Å². The molecule has 0 saturated heterocycles. The first kappa shape index (κ1) is 9.37. The Hall–Kier alpha value is -2.19. The molecule has 0 spiro atoms. The standard InChI is InChI=1S/C11H8N2O2/c1-15-9-4-2-3-8-5-6-10(12-7-14)13-11(8)9/h2-6H,1H3. The molecular weight excluding hydrogens is 192 g/mol. The number of hydrogen-bond donors (Lipinski definition) is 0. The molecule has 0 fully saturated rings. The van der Waals surface area contributed by atoms with Crippen molar-refractivity contribution < 1.29 is 9.53 Å². The van der Waals surface area contributed by atoms with E-state index in [0.29, 0.717) is 17.1 Å². The summed E-state index contributed by atoms with van der Waals surface area (Å²) in [6.07, 6.45) is 1.46. The number of aromatic nitrogens is 1. The maximum absolute atomic E-state index is 10.1. The molecule has 0 aliphatic carbocycles. The van der Waals surface area contributed by atoms with Crippen molar-refractivity contribution in [2.45, 2.75) is 0 Å². The van der Waals surface area contributed by atoms with E-state index in [4.69, 9.17) is 4.74 Å². The molecule has 0 unspecified atom stereocenters. The maximum Gasteiger partial charge on any atom is 0.242 e. The van der Waals surface area contributed by atoms with Gasteiger partial charge >= 0.3 is 0 Å². The summed E-state index contributed by atoms with van der Waals surface area (Å²) >= 11 is 0. The third-order valence-corrected chi connectivity index (χ3v) is 2.05. The van der Waals surface area contributed by atoms with Gasteiger partial charge in [-0.2, -0.15) is 0 Å². The topological polar surface area (TPSA) is 51.5 Å². The van der Waals surface area contributed by atoms with Gasteiger partial charge in [-0.15, -0.1) is 4.99 Å². The molecule has 0 radical (unpaired) electrons. The second-order valence-corrected chi connectivity index (χ2v) is 2.90. The molecule has 15 heavy (non-hydrogen) atoms. The van der Waals surface area contributed by atoms with Crippen LogP contribution in [-0.2, 0) is 4.79 Å². The highest BCUT2D eigenvalue weighted by Crippen LogP contribution is 2.25. The average Bonchev–Trinajstić information content (AvgIpc) is 2.28. The number of methoxy groups -OCH3 is 1. The SMILES string of the molecule is COc1cccc2ccc(N=C=O)nc12. The van der Waals surface area contributed by atoms with Gasteiger partial charge in [0.1, 0.15) is 11.3 Å². The van der Waals surface area contributed by atoms with Crippen molar-refractivity contribution in [1.29, 1.82) is 0 Å². The zero-order valence-corrected chi connectivity index (χ0v) is 8.10. The fraction of sp³-hybridized carbons (Fsp3) is 0.0909. The van der Waals surface area contributed by atoms with Crippen LogP contribution in [0.5, 0.6) is 5.75 Å². The van der Waals surface area contributed by atoms with Crippen molar-refractivity contribution in [2.24, 2.45) is 4.99 Å². The van der Waals surface area contributed by atoms with Crippen LogP contribution in [0, 0.1) is 0 Å². The van der Waals surface area contributed by atoms with Crippen LogP contribution in [0.4, 0.5) is 5.82 Å². The number of rotatable bonds is 2. The highest BCUT2D eigenvalue weighted by molar-refractivity contribution is 5.85. The molecule has 0 aliphatic rings. The van der Waals surface area contributed by atoms with Gasteiger partial charge in [-0.25, -0.2) is 9.78 Å². The van der Waals surface area contributed by atoms with E-state index in [1.165, 1.54) is 6.08 Å². The molecule has 2 rings (SSSR count). The Morgan fingerprint density at radius 2 is 2.20 bits per heavy atom. The second kappa shape index (κ2) is 3.90. The summed E-state index contributed by atoms with van der Waals surface area (Å²) in [5.41, 5.74) is 0.691. The number of pyridine rings is 1. The number of hydrogen-bond acceptors (Lipinski definition) is 4. The van der Waals surface area contributed by atoms with Crippen molar-refractivity contribution in [2.75, 3.05) is 7.11 Å². The van der Waals surface area contributed by atoms with Gasteiger partial charge in [-0.05, 0) is 18.2 Å². The van der Waals surface area contributed by atoms with Crippen LogP contribution in [0.25, 0.3) is 10.9 Å². The van der Waals surface area contributed by atoms with Crippen molar-refractivity contribution in [3.8, 4) is 5.75 Å². The summed E-state index contributed by atoms with van der Waals surface area (Å²) < 4.78 is 5.16. The Bertz CT molecular complexity index is 545. The lowest BCUT2D eigenvalue weighted by Gasteiger charge is -2.03. The molecular formula is C11H8N2O2. The molecule has 0 bridgehead atoms. The molecule has 1 aromatic heterocycles. The summed E-state index contributed by atoms with van der Waals surface area (Å²) in [7, 11) is 1.58. The normalized spacial score (nSPS) is 9.67. The average molecular weight is 200 g/mol. The van der Waals surface area contributed by atoms with Crippen molar-refractivity contribution in [1.82, 2.24) is 4.98 Å². The van der Waals surface area contributed by atoms with Crippen molar-refractivity contribution in [3.63, 3.8) is 0 Å². The van der Waals surface area contributed by atoms with Crippen LogP contribution >= 0.6 is 0 Å². The zero-order valence-electron chi connectivity index (χ0n) is 8.10. The van der Waals surface area contributed by atoms with Crippen LogP contribution in [0.3, 0.4) is 0 Å². The number of fused-ring (bicyclic) bond motifs is 1. The van der Waals surface area contributed by atoms with Gasteiger partial charge in [0, 0.05) is 5.39 Å². The molecule has 0 aliphatic heterocycles. The number of ether oxygens (including phenoxy) is 1. The fourth-order valence-electron chi connectivity index (χ4n) is 1.38. The lowest BCUT2D eigenvalue weighted by atomic mass is 10.2. The predicted octanol–water partition coefficient (Wildman–Crippen LogP) is 2.21. The smallest absolute Gasteiger partial charge is 0.242 e. The molecule has 4 nitrogen and oxygen atoms in total.